The van der Waals surface area contributed by atoms with Gasteiger partial charge in [-0.15, -0.1) is 0 Å². The van der Waals surface area contributed by atoms with Crippen molar-refractivity contribution < 1.29 is 9.59 Å². The zero-order valence-corrected chi connectivity index (χ0v) is 17.5. The lowest BCUT2D eigenvalue weighted by Gasteiger charge is -2.11. The number of fused-ring (bicyclic) bond motifs is 1. The van der Waals surface area contributed by atoms with E-state index in [-0.39, 0.29) is 17.1 Å². The van der Waals surface area contributed by atoms with Gasteiger partial charge in [-0.05, 0) is 84.8 Å². The Morgan fingerprint density at radius 3 is 2.11 bits per heavy atom. The van der Waals surface area contributed by atoms with Crippen LogP contribution in [0.15, 0.2) is 54.1 Å². The molecule has 3 nitrogen and oxygen atoms in total. The van der Waals surface area contributed by atoms with Crippen molar-refractivity contribution in [3.8, 4) is 5.69 Å². The highest BCUT2D eigenvalue weighted by molar-refractivity contribution is 14.1. The molecular weight excluding hydrogens is 449 g/mol. The molecule has 0 saturated carbocycles. The molecule has 4 heteroatoms. The van der Waals surface area contributed by atoms with Crippen LogP contribution in [0.25, 0.3) is 11.8 Å². The summed E-state index contributed by atoms with van der Waals surface area (Å²) in [5.74, 6) is -0.379. The molecular formula is C23H18INO2. The number of hydrogen-bond donors (Lipinski definition) is 0. The monoisotopic (exact) mass is 467 g/mol. The number of aryl methyl sites for hydroxylation is 2. The van der Waals surface area contributed by atoms with Gasteiger partial charge in [-0.3, -0.25) is 9.59 Å². The van der Waals surface area contributed by atoms with Gasteiger partial charge in [0.05, 0.1) is 5.57 Å². The molecule has 1 aromatic heterocycles. The normalized spacial score (nSPS) is 13.3. The molecule has 2 aromatic carbocycles. The van der Waals surface area contributed by atoms with E-state index in [4.69, 9.17) is 0 Å². The maximum Gasteiger partial charge on any atom is 0.197 e. The Morgan fingerprint density at radius 1 is 0.889 bits per heavy atom. The van der Waals surface area contributed by atoms with E-state index in [9.17, 15) is 9.59 Å². The smallest absolute Gasteiger partial charge is 0.197 e. The number of ketones is 2. The molecule has 0 fully saturated rings. The van der Waals surface area contributed by atoms with Crippen molar-refractivity contribution in [3.63, 3.8) is 0 Å². The highest BCUT2D eigenvalue weighted by Crippen LogP contribution is 2.30. The van der Waals surface area contributed by atoms with E-state index in [1.54, 1.807) is 30.3 Å². The number of nitrogens with zero attached hydrogens (tertiary/aromatic N) is 1. The van der Waals surface area contributed by atoms with E-state index in [0.717, 1.165) is 22.6 Å². The summed E-state index contributed by atoms with van der Waals surface area (Å²) in [7, 11) is 0. The third kappa shape index (κ3) is 2.88. The first kappa shape index (κ1) is 17.9. The number of aromatic nitrogens is 1. The number of hydrogen-bond acceptors (Lipinski definition) is 2. The van der Waals surface area contributed by atoms with Gasteiger partial charge in [-0.25, -0.2) is 0 Å². The Kier molecular flexibility index (Phi) is 4.38. The first-order valence-corrected chi connectivity index (χ1v) is 9.82. The quantitative estimate of drug-likeness (QED) is 0.285. The van der Waals surface area contributed by atoms with Crippen LogP contribution >= 0.6 is 22.6 Å². The molecule has 27 heavy (non-hydrogen) atoms. The second kappa shape index (κ2) is 6.60. The number of allylic oxidation sites excluding steroid dienone is 1. The minimum absolute atomic E-state index is 0.189. The van der Waals surface area contributed by atoms with Crippen LogP contribution in [0.4, 0.5) is 0 Å². The summed E-state index contributed by atoms with van der Waals surface area (Å²) in [4.78, 5) is 25.3. The fourth-order valence-corrected chi connectivity index (χ4v) is 3.99. The third-order valence-electron chi connectivity index (χ3n) is 5.08. The van der Waals surface area contributed by atoms with Crippen molar-refractivity contribution in [3.05, 3.63) is 91.3 Å². The Bertz CT molecular complexity index is 1110. The highest BCUT2D eigenvalue weighted by atomic mass is 127. The van der Waals surface area contributed by atoms with Gasteiger partial charge in [0.15, 0.2) is 11.6 Å². The van der Waals surface area contributed by atoms with E-state index in [2.05, 4.69) is 52.3 Å². The molecule has 1 aliphatic rings. The summed E-state index contributed by atoms with van der Waals surface area (Å²) in [5, 5.41) is 0. The predicted molar refractivity (Wildman–Crippen MR) is 116 cm³/mol. The molecule has 4 rings (SSSR count). The average molecular weight is 467 g/mol. The Morgan fingerprint density at radius 2 is 1.52 bits per heavy atom. The highest BCUT2D eigenvalue weighted by Gasteiger charge is 2.32. The van der Waals surface area contributed by atoms with Crippen molar-refractivity contribution >= 4 is 40.2 Å². The largest absolute Gasteiger partial charge is 0.318 e. The van der Waals surface area contributed by atoms with Crippen LogP contribution in [0, 0.1) is 24.3 Å². The number of carbonyl (C=O) groups excluding carboxylic acids is 2. The molecule has 1 aliphatic carbocycles. The fraction of sp³-hybridized carbons (Fsp3) is 0.130. The van der Waals surface area contributed by atoms with E-state index in [0.29, 0.717) is 11.1 Å². The van der Waals surface area contributed by atoms with Gasteiger partial charge >= 0.3 is 0 Å². The average Bonchev–Trinajstić information content (AvgIpc) is 3.06. The molecule has 0 unspecified atom stereocenters. The minimum atomic E-state index is -0.189. The summed E-state index contributed by atoms with van der Waals surface area (Å²) in [6.45, 7) is 6.15. The van der Waals surface area contributed by atoms with Crippen LogP contribution in [-0.2, 0) is 0 Å². The zero-order valence-electron chi connectivity index (χ0n) is 15.3. The van der Waals surface area contributed by atoms with Crippen molar-refractivity contribution in [2.75, 3.05) is 0 Å². The zero-order chi connectivity index (χ0) is 19.3. The van der Waals surface area contributed by atoms with Crippen molar-refractivity contribution in [1.82, 2.24) is 4.57 Å². The van der Waals surface area contributed by atoms with Gasteiger partial charge < -0.3 is 4.57 Å². The Balaban J connectivity index is 1.81. The van der Waals surface area contributed by atoms with Gasteiger partial charge in [-0.2, -0.15) is 0 Å². The first-order valence-electron chi connectivity index (χ1n) is 8.74. The summed E-state index contributed by atoms with van der Waals surface area (Å²) in [5.41, 5.74) is 6.51. The first-order chi connectivity index (χ1) is 12.9. The molecule has 0 radical (unpaired) electrons. The standard InChI is InChI=1S/C23H18INO2/c1-13-10-17(8-9-21(13)24)25-14(2)11-16(15(25)3)12-20-22(26)18-6-4-5-7-19(18)23(20)27/h4-12H,1-3H3. The topological polar surface area (TPSA) is 39.1 Å². The number of Topliss-reactive ketones (excluding diaryl/α,β-unsaturated/α-hetero) is 2. The van der Waals surface area contributed by atoms with Gasteiger partial charge in [0.2, 0.25) is 0 Å². The van der Waals surface area contributed by atoms with Gasteiger partial charge in [0.25, 0.3) is 0 Å². The number of rotatable bonds is 2. The van der Waals surface area contributed by atoms with Crippen LogP contribution in [0.3, 0.4) is 0 Å². The maximum atomic E-state index is 12.7. The van der Waals surface area contributed by atoms with Crippen LogP contribution < -0.4 is 0 Å². The van der Waals surface area contributed by atoms with Gasteiger partial charge in [0, 0.05) is 31.8 Å². The van der Waals surface area contributed by atoms with Crippen molar-refractivity contribution in [2.45, 2.75) is 20.8 Å². The second-order valence-electron chi connectivity index (χ2n) is 6.86. The fourth-order valence-electron chi connectivity index (χ4n) is 3.66. The lowest BCUT2D eigenvalue weighted by molar-refractivity contribution is 0.0990. The lowest BCUT2D eigenvalue weighted by atomic mass is 10.1. The summed E-state index contributed by atoms with van der Waals surface area (Å²) in [6.07, 6.45) is 1.74. The molecule has 0 atom stereocenters. The molecule has 0 saturated heterocycles. The van der Waals surface area contributed by atoms with Crippen molar-refractivity contribution in [1.29, 1.82) is 0 Å². The predicted octanol–water partition coefficient (Wildman–Crippen LogP) is 5.47. The van der Waals surface area contributed by atoms with Crippen LogP contribution in [0.1, 0.15) is 43.2 Å². The molecule has 0 amide bonds. The molecule has 0 spiro atoms. The molecule has 0 aliphatic heterocycles. The van der Waals surface area contributed by atoms with E-state index >= 15 is 0 Å². The maximum absolute atomic E-state index is 12.7. The van der Waals surface area contributed by atoms with Crippen LogP contribution in [0.2, 0.25) is 0 Å². The van der Waals surface area contributed by atoms with E-state index < -0.39 is 0 Å². The molecule has 1 heterocycles. The molecule has 3 aromatic rings. The van der Waals surface area contributed by atoms with Crippen molar-refractivity contribution in [2.24, 2.45) is 0 Å². The minimum Gasteiger partial charge on any atom is -0.318 e. The summed E-state index contributed by atoms with van der Waals surface area (Å²) >= 11 is 2.33. The molecule has 0 bridgehead atoms. The van der Waals surface area contributed by atoms with Gasteiger partial charge in [0.1, 0.15) is 0 Å². The number of halogens is 1. The second-order valence-corrected chi connectivity index (χ2v) is 8.02. The van der Waals surface area contributed by atoms with E-state index in [1.165, 1.54) is 9.13 Å². The Labute approximate surface area is 171 Å². The lowest BCUT2D eigenvalue weighted by Crippen LogP contribution is -2.02. The third-order valence-corrected chi connectivity index (χ3v) is 6.29. The van der Waals surface area contributed by atoms with Crippen LogP contribution in [-0.4, -0.2) is 16.1 Å². The SMILES string of the molecule is Cc1cc(-n2c(C)cc(C=C3C(=O)c4ccccc4C3=O)c2C)ccc1I. The van der Waals surface area contributed by atoms with E-state index in [1.807, 2.05) is 19.9 Å². The van der Waals surface area contributed by atoms with Gasteiger partial charge in [-0.1, -0.05) is 24.3 Å². The summed E-state index contributed by atoms with van der Waals surface area (Å²) in [6, 6.07) is 15.4. The van der Waals surface area contributed by atoms with Crippen LogP contribution in [0.5, 0.6) is 0 Å². The molecule has 0 N–H and O–H groups in total. The summed E-state index contributed by atoms with van der Waals surface area (Å²) < 4.78 is 3.38. The molecule has 134 valence electrons. The Hall–Kier alpha value is -2.47. The number of benzene rings is 2. The number of carbonyl (C=O) groups is 2.